The van der Waals surface area contributed by atoms with E-state index in [0.717, 1.165) is 0 Å². The monoisotopic (exact) mass is 168 g/mol. The van der Waals surface area contributed by atoms with Gasteiger partial charge in [0, 0.05) is 25.5 Å². The lowest BCUT2D eigenvalue weighted by atomic mass is 10.2. The van der Waals surface area contributed by atoms with Gasteiger partial charge in [-0.1, -0.05) is 0 Å². The van der Waals surface area contributed by atoms with E-state index in [1.807, 2.05) is 10.8 Å². The molecule has 0 unspecified atom stereocenters. The summed E-state index contributed by atoms with van der Waals surface area (Å²) in [5.74, 6) is 5.56. The SMILES string of the molecule is NN1C[C@H](O)[C@@H](n2ccnc2)C1. The zero-order chi connectivity index (χ0) is 8.55. The Hall–Kier alpha value is -0.910. The van der Waals surface area contributed by atoms with Crippen molar-refractivity contribution in [2.75, 3.05) is 13.1 Å². The summed E-state index contributed by atoms with van der Waals surface area (Å²) in [7, 11) is 0. The normalized spacial score (nSPS) is 31.2. The van der Waals surface area contributed by atoms with Crippen LogP contribution in [0.25, 0.3) is 0 Å². The second kappa shape index (κ2) is 2.85. The molecule has 0 radical (unpaired) electrons. The summed E-state index contributed by atoms with van der Waals surface area (Å²) in [5, 5.41) is 11.2. The standard InChI is InChI=1S/C7H12N4O/c8-11-3-6(7(12)4-11)10-2-1-9-5-10/h1-2,5-7,12H,3-4,8H2/t6-,7-/m0/s1. The molecule has 3 N–H and O–H groups in total. The van der Waals surface area contributed by atoms with Gasteiger partial charge in [-0.3, -0.25) is 5.84 Å². The number of imidazole rings is 1. The van der Waals surface area contributed by atoms with E-state index < -0.39 is 0 Å². The van der Waals surface area contributed by atoms with Crippen LogP contribution in [-0.2, 0) is 0 Å². The molecule has 12 heavy (non-hydrogen) atoms. The van der Waals surface area contributed by atoms with Crippen molar-refractivity contribution in [3.05, 3.63) is 18.7 Å². The first-order valence-corrected chi connectivity index (χ1v) is 3.92. The summed E-state index contributed by atoms with van der Waals surface area (Å²) in [6.45, 7) is 1.21. The maximum absolute atomic E-state index is 9.56. The molecule has 0 aromatic carbocycles. The first-order chi connectivity index (χ1) is 5.77. The smallest absolute Gasteiger partial charge is 0.0949 e. The van der Waals surface area contributed by atoms with Gasteiger partial charge in [0.25, 0.3) is 0 Å². The van der Waals surface area contributed by atoms with Crippen LogP contribution in [0.3, 0.4) is 0 Å². The Labute approximate surface area is 70.4 Å². The molecule has 2 atom stereocenters. The number of rotatable bonds is 1. The number of nitrogens with zero attached hydrogens (tertiary/aromatic N) is 3. The van der Waals surface area contributed by atoms with Crippen molar-refractivity contribution in [2.24, 2.45) is 5.84 Å². The van der Waals surface area contributed by atoms with Gasteiger partial charge in [0.1, 0.15) is 0 Å². The fourth-order valence-electron chi connectivity index (χ4n) is 1.56. The Kier molecular flexibility index (Phi) is 1.84. The summed E-state index contributed by atoms with van der Waals surface area (Å²) in [5.41, 5.74) is 0. The molecule has 1 aromatic rings. The molecular weight excluding hydrogens is 156 g/mol. The van der Waals surface area contributed by atoms with Crippen LogP contribution in [0.4, 0.5) is 0 Å². The minimum atomic E-state index is -0.385. The summed E-state index contributed by atoms with van der Waals surface area (Å²) < 4.78 is 1.89. The van der Waals surface area contributed by atoms with Crippen LogP contribution < -0.4 is 5.84 Å². The summed E-state index contributed by atoms with van der Waals surface area (Å²) >= 11 is 0. The molecular formula is C7H12N4O. The molecule has 1 saturated heterocycles. The van der Waals surface area contributed by atoms with Gasteiger partial charge in [-0.2, -0.15) is 0 Å². The van der Waals surface area contributed by atoms with E-state index in [1.165, 1.54) is 0 Å². The maximum Gasteiger partial charge on any atom is 0.0949 e. The molecule has 1 aliphatic rings. The minimum Gasteiger partial charge on any atom is -0.390 e. The van der Waals surface area contributed by atoms with Crippen LogP contribution >= 0.6 is 0 Å². The van der Waals surface area contributed by atoms with Crippen molar-refractivity contribution in [1.29, 1.82) is 0 Å². The highest BCUT2D eigenvalue weighted by Crippen LogP contribution is 2.18. The van der Waals surface area contributed by atoms with Crippen LogP contribution in [0.1, 0.15) is 6.04 Å². The molecule has 1 aromatic heterocycles. The van der Waals surface area contributed by atoms with E-state index in [-0.39, 0.29) is 12.1 Å². The first-order valence-electron chi connectivity index (χ1n) is 3.92. The molecule has 1 fully saturated rings. The molecule has 0 bridgehead atoms. The largest absolute Gasteiger partial charge is 0.390 e. The number of hydrazine groups is 1. The Balaban J connectivity index is 2.15. The first kappa shape index (κ1) is 7.72. The Morgan fingerprint density at radius 1 is 1.50 bits per heavy atom. The van der Waals surface area contributed by atoms with Crippen LogP contribution in [-0.4, -0.2) is 38.9 Å². The fourth-order valence-corrected chi connectivity index (χ4v) is 1.56. The van der Waals surface area contributed by atoms with Crippen molar-refractivity contribution in [3.8, 4) is 0 Å². The maximum atomic E-state index is 9.56. The number of aliphatic hydroxyl groups excluding tert-OH is 1. The van der Waals surface area contributed by atoms with Crippen LogP contribution in [0.5, 0.6) is 0 Å². The number of β-amino-alcohol motifs (C(OH)–C–C–N with tert-alkyl or cyclic N) is 1. The Bertz CT molecular complexity index is 248. The zero-order valence-electron chi connectivity index (χ0n) is 6.67. The molecule has 0 aliphatic carbocycles. The summed E-state index contributed by atoms with van der Waals surface area (Å²) in [6, 6.07) is 0.0532. The fraction of sp³-hybridized carbons (Fsp3) is 0.571. The van der Waals surface area contributed by atoms with Gasteiger partial charge in [0.05, 0.1) is 18.5 Å². The van der Waals surface area contributed by atoms with Gasteiger partial charge in [0.2, 0.25) is 0 Å². The van der Waals surface area contributed by atoms with E-state index in [2.05, 4.69) is 4.98 Å². The van der Waals surface area contributed by atoms with E-state index in [1.54, 1.807) is 17.5 Å². The molecule has 5 nitrogen and oxygen atoms in total. The van der Waals surface area contributed by atoms with Gasteiger partial charge < -0.3 is 9.67 Å². The van der Waals surface area contributed by atoms with Gasteiger partial charge >= 0.3 is 0 Å². The van der Waals surface area contributed by atoms with Crippen molar-refractivity contribution >= 4 is 0 Å². The second-order valence-corrected chi connectivity index (χ2v) is 3.10. The highest BCUT2D eigenvalue weighted by Gasteiger charge is 2.30. The molecule has 0 saturated carbocycles. The van der Waals surface area contributed by atoms with E-state index in [4.69, 9.17) is 5.84 Å². The predicted molar refractivity (Wildman–Crippen MR) is 43.0 cm³/mol. The third kappa shape index (κ3) is 1.22. The van der Waals surface area contributed by atoms with Gasteiger partial charge in [-0.05, 0) is 0 Å². The number of nitrogens with two attached hydrogens (primary N) is 1. The molecule has 1 aliphatic heterocycles. The number of aliphatic hydroxyl groups is 1. The van der Waals surface area contributed by atoms with Crippen molar-refractivity contribution in [2.45, 2.75) is 12.1 Å². The third-order valence-corrected chi connectivity index (χ3v) is 2.20. The lowest BCUT2D eigenvalue weighted by Crippen LogP contribution is -2.28. The highest BCUT2D eigenvalue weighted by atomic mass is 16.3. The molecule has 0 spiro atoms. The van der Waals surface area contributed by atoms with Crippen molar-refractivity contribution in [3.63, 3.8) is 0 Å². The summed E-state index contributed by atoms with van der Waals surface area (Å²) in [4.78, 5) is 3.92. The topological polar surface area (TPSA) is 67.3 Å². The molecule has 2 heterocycles. The lowest BCUT2D eigenvalue weighted by molar-refractivity contribution is 0.144. The minimum absolute atomic E-state index is 0.0532. The van der Waals surface area contributed by atoms with Gasteiger partial charge in [0.15, 0.2) is 0 Å². The molecule has 5 heteroatoms. The van der Waals surface area contributed by atoms with Crippen LogP contribution in [0.15, 0.2) is 18.7 Å². The average molecular weight is 168 g/mol. The predicted octanol–water partition coefficient (Wildman–Crippen LogP) is -1.03. The summed E-state index contributed by atoms with van der Waals surface area (Å²) in [6.07, 6.45) is 4.86. The Morgan fingerprint density at radius 3 is 2.83 bits per heavy atom. The average Bonchev–Trinajstić information content (AvgIpc) is 2.58. The van der Waals surface area contributed by atoms with Crippen molar-refractivity contribution < 1.29 is 5.11 Å². The quantitative estimate of drug-likeness (QED) is 0.526. The Morgan fingerprint density at radius 2 is 2.33 bits per heavy atom. The molecule has 66 valence electrons. The molecule has 2 rings (SSSR count). The van der Waals surface area contributed by atoms with Crippen molar-refractivity contribution in [1.82, 2.24) is 14.6 Å². The number of aromatic nitrogens is 2. The van der Waals surface area contributed by atoms with Crippen LogP contribution in [0, 0.1) is 0 Å². The van der Waals surface area contributed by atoms with Gasteiger partial charge in [-0.25, -0.2) is 9.99 Å². The molecule has 0 amide bonds. The van der Waals surface area contributed by atoms with E-state index in [9.17, 15) is 5.11 Å². The lowest BCUT2D eigenvalue weighted by Gasteiger charge is -2.13. The zero-order valence-corrected chi connectivity index (χ0v) is 6.67. The third-order valence-electron chi connectivity index (χ3n) is 2.20. The van der Waals surface area contributed by atoms with E-state index >= 15 is 0 Å². The van der Waals surface area contributed by atoms with E-state index in [0.29, 0.717) is 13.1 Å². The number of hydrogen-bond acceptors (Lipinski definition) is 4. The van der Waals surface area contributed by atoms with Crippen LogP contribution in [0.2, 0.25) is 0 Å². The second-order valence-electron chi connectivity index (χ2n) is 3.10. The van der Waals surface area contributed by atoms with Gasteiger partial charge in [-0.15, -0.1) is 0 Å². The highest BCUT2D eigenvalue weighted by molar-refractivity contribution is 4.90. The number of hydrogen-bond donors (Lipinski definition) is 2.